The molecular formula is C13H21Cl2FN2O2S. The van der Waals surface area contributed by atoms with E-state index < -0.39 is 15.8 Å². The van der Waals surface area contributed by atoms with Crippen molar-refractivity contribution in [2.75, 3.05) is 13.6 Å². The molecule has 4 nitrogen and oxygen atoms in total. The van der Waals surface area contributed by atoms with Crippen LogP contribution in [0.5, 0.6) is 0 Å². The molecule has 122 valence electrons. The highest BCUT2D eigenvalue weighted by atomic mass is 35.5. The van der Waals surface area contributed by atoms with Crippen molar-refractivity contribution >= 4 is 34.0 Å². The van der Waals surface area contributed by atoms with Gasteiger partial charge in [0.15, 0.2) is 0 Å². The molecule has 8 heteroatoms. The SMILES string of the molecule is CC(C)C(N)CCN(C)S(=O)(=O)c1ccc(F)cc1Cl.Cl. The summed E-state index contributed by atoms with van der Waals surface area (Å²) in [5.41, 5.74) is 5.90. The van der Waals surface area contributed by atoms with E-state index >= 15 is 0 Å². The predicted molar refractivity (Wildman–Crippen MR) is 85.9 cm³/mol. The summed E-state index contributed by atoms with van der Waals surface area (Å²) in [4.78, 5) is -0.0961. The van der Waals surface area contributed by atoms with Gasteiger partial charge in [-0.05, 0) is 30.5 Å². The molecule has 1 atom stereocenters. The van der Waals surface area contributed by atoms with Crippen LogP contribution in [-0.4, -0.2) is 32.4 Å². The molecule has 1 unspecified atom stereocenters. The smallest absolute Gasteiger partial charge is 0.244 e. The van der Waals surface area contributed by atoms with Gasteiger partial charge in [-0.1, -0.05) is 25.4 Å². The molecule has 0 bridgehead atoms. The number of halogens is 3. The standard InChI is InChI=1S/C13H20ClFN2O2S.ClH/c1-9(2)12(16)6-7-17(3)20(18,19)13-5-4-10(15)8-11(13)14;/h4-5,8-9,12H,6-7,16H2,1-3H3;1H. The second-order valence-corrected chi connectivity index (χ2v) is 7.52. The maximum absolute atomic E-state index is 13.0. The van der Waals surface area contributed by atoms with Crippen LogP contribution in [0.4, 0.5) is 4.39 Å². The van der Waals surface area contributed by atoms with Gasteiger partial charge in [-0.3, -0.25) is 0 Å². The number of hydrogen-bond donors (Lipinski definition) is 1. The van der Waals surface area contributed by atoms with Crippen LogP contribution in [0.3, 0.4) is 0 Å². The largest absolute Gasteiger partial charge is 0.327 e. The molecule has 0 heterocycles. The summed E-state index contributed by atoms with van der Waals surface area (Å²) in [6.07, 6.45) is 0.548. The lowest BCUT2D eigenvalue weighted by atomic mass is 10.0. The quantitative estimate of drug-likeness (QED) is 0.850. The molecule has 1 aromatic carbocycles. The highest BCUT2D eigenvalue weighted by Crippen LogP contribution is 2.25. The lowest BCUT2D eigenvalue weighted by molar-refractivity contribution is 0.397. The van der Waals surface area contributed by atoms with Crippen molar-refractivity contribution in [3.63, 3.8) is 0 Å². The Labute approximate surface area is 136 Å². The first-order valence-corrected chi connectivity index (χ1v) is 8.15. The average Bonchev–Trinajstić information content (AvgIpc) is 2.34. The first-order chi connectivity index (χ1) is 9.16. The average molecular weight is 359 g/mol. The Morgan fingerprint density at radius 3 is 2.43 bits per heavy atom. The zero-order chi connectivity index (χ0) is 15.5. The monoisotopic (exact) mass is 358 g/mol. The zero-order valence-corrected chi connectivity index (χ0v) is 14.6. The van der Waals surface area contributed by atoms with Crippen LogP contribution in [0.2, 0.25) is 5.02 Å². The van der Waals surface area contributed by atoms with Gasteiger partial charge >= 0.3 is 0 Å². The molecule has 0 saturated heterocycles. The molecule has 0 aliphatic rings. The van der Waals surface area contributed by atoms with E-state index in [4.69, 9.17) is 17.3 Å². The Morgan fingerprint density at radius 1 is 1.38 bits per heavy atom. The highest BCUT2D eigenvalue weighted by Gasteiger charge is 2.24. The lowest BCUT2D eigenvalue weighted by Crippen LogP contribution is -2.34. The van der Waals surface area contributed by atoms with Crippen molar-refractivity contribution < 1.29 is 12.8 Å². The van der Waals surface area contributed by atoms with E-state index in [0.717, 1.165) is 12.1 Å². The number of nitrogens with zero attached hydrogens (tertiary/aromatic N) is 1. The second-order valence-electron chi connectivity index (χ2n) is 5.10. The minimum absolute atomic E-state index is 0. The summed E-state index contributed by atoms with van der Waals surface area (Å²) in [7, 11) is -2.27. The Kier molecular flexibility index (Phi) is 8.13. The van der Waals surface area contributed by atoms with E-state index in [0.29, 0.717) is 6.42 Å². The third-order valence-electron chi connectivity index (χ3n) is 3.22. The van der Waals surface area contributed by atoms with Crippen molar-refractivity contribution in [3.8, 4) is 0 Å². The van der Waals surface area contributed by atoms with Gasteiger partial charge in [0, 0.05) is 19.6 Å². The third kappa shape index (κ3) is 5.38. The molecule has 0 aromatic heterocycles. The van der Waals surface area contributed by atoms with E-state index in [1.165, 1.54) is 17.4 Å². The minimum atomic E-state index is -3.73. The molecular weight excluding hydrogens is 338 g/mol. The minimum Gasteiger partial charge on any atom is -0.327 e. The lowest BCUT2D eigenvalue weighted by Gasteiger charge is -2.21. The normalized spacial score (nSPS) is 13.3. The number of hydrogen-bond acceptors (Lipinski definition) is 3. The summed E-state index contributed by atoms with van der Waals surface area (Å²) >= 11 is 5.80. The summed E-state index contributed by atoms with van der Waals surface area (Å²) in [5.74, 6) is -0.293. The molecule has 1 rings (SSSR count). The predicted octanol–water partition coefficient (Wildman–Crippen LogP) is 2.89. The molecule has 0 saturated carbocycles. The first kappa shape index (κ1) is 20.6. The molecule has 0 radical (unpaired) electrons. The van der Waals surface area contributed by atoms with Gasteiger partial charge in [0.25, 0.3) is 0 Å². The van der Waals surface area contributed by atoms with Gasteiger partial charge in [0.2, 0.25) is 10.0 Å². The summed E-state index contributed by atoms with van der Waals surface area (Å²) < 4.78 is 38.8. The fourth-order valence-corrected chi connectivity index (χ4v) is 3.32. The Bertz CT molecular complexity index is 567. The van der Waals surface area contributed by atoms with E-state index in [1.54, 1.807) is 0 Å². The van der Waals surface area contributed by atoms with Crippen LogP contribution in [0, 0.1) is 11.7 Å². The maximum Gasteiger partial charge on any atom is 0.244 e. The van der Waals surface area contributed by atoms with E-state index in [1.807, 2.05) is 13.8 Å². The van der Waals surface area contributed by atoms with E-state index in [2.05, 4.69) is 0 Å². The van der Waals surface area contributed by atoms with Gasteiger partial charge in [0.05, 0.1) is 5.02 Å². The van der Waals surface area contributed by atoms with Gasteiger partial charge in [-0.15, -0.1) is 12.4 Å². The molecule has 2 N–H and O–H groups in total. The molecule has 1 aromatic rings. The Morgan fingerprint density at radius 2 is 1.95 bits per heavy atom. The fraction of sp³-hybridized carbons (Fsp3) is 0.538. The highest BCUT2D eigenvalue weighted by molar-refractivity contribution is 7.89. The van der Waals surface area contributed by atoms with Crippen LogP contribution in [-0.2, 0) is 10.0 Å². The van der Waals surface area contributed by atoms with Crippen LogP contribution in [0.15, 0.2) is 23.1 Å². The van der Waals surface area contributed by atoms with Crippen molar-refractivity contribution in [3.05, 3.63) is 29.0 Å². The summed E-state index contributed by atoms with van der Waals surface area (Å²) in [6.45, 7) is 4.25. The van der Waals surface area contributed by atoms with Gasteiger partial charge < -0.3 is 5.73 Å². The molecule has 0 fully saturated rings. The third-order valence-corrected chi connectivity index (χ3v) is 5.56. The molecule has 0 spiro atoms. The van der Waals surface area contributed by atoms with Crippen molar-refractivity contribution in [1.29, 1.82) is 0 Å². The van der Waals surface area contributed by atoms with Gasteiger partial charge in [-0.25, -0.2) is 17.1 Å². The molecule has 0 amide bonds. The fourth-order valence-electron chi connectivity index (χ4n) is 1.64. The summed E-state index contributed by atoms with van der Waals surface area (Å²) in [5, 5.41) is -0.120. The zero-order valence-electron chi connectivity index (χ0n) is 12.2. The number of sulfonamides is 1. The van der Waals surface area contributed by atoms with Crippen LogP contribution < -0.4 is 5.73 Å². The van der Waals surface area contributed by atoms with E-state index in [9.17, 15) is 12.8 Å². The molecule has 21 heavy (non-hydrogen) atoms. The first-order valence-electron chi connectivity index (χ1n) is 6.33. The van der Waals surface area contributed by atoms with E-state index in [-0.39, 0.29) is 40.8 Å². The molecule has 0 aliphatic heterocycles. The van der Waals surface area contributed by atoms with Gasteiger partial charge in [-0.2, -0.15) is 0 Å². The van der Waals surface area contributed by atoms with Crippen LogP contribution >= 0.6 is 24.0 Å². The Hall–Kier alpha value is -0.400. The van der Waals surface area contributed by atoms with Crippen molar-refractivity contribution in [1.82, 2.24) is 4.31 Å². The topological polar surface area (TPSA) is 63.4 Å². The van der Waals surface area contributed by atoms with Gasteiger partial charge in [0.1, 0.15) is 10.7 Å². The number of rotatable bonds is 6. The second kappa shape index (κ2) is 8.29. The maximum atomic E-state index is 13.0. The summed E-state index contributed by atoms with van der Waals surface area (Å²) in [6, 6.07) is 3.16. The Balaban J connectivity index is 0.00000400. The molecule has 0 aliphatic carbocycles. The van der Waals surface area contributed by atoms with Crippen molar-refractivity contribution in [2.24, 2.45) is 11.7 Å². The van der Waals surface area contributed by atoms with Crippen LogP contribution in [0.25, 0.3) is 0 Å². The van der Waals surface area contributed by atoms with Crippen molar-refractivity contribution in [2.45, 2.75) is 31.2 Å². The number of benzene rings is 1. The van der Waals surface area contributed by atoms with Crippen LogP contribution in [0.1, 0.15) is 20.3 Å². The number of nitrogens with two attached hydrogens (primary N) is 1.